The second-order valence-corrected chi connectivity index (χ2v) is 5.63. The van der Waals surface area contributed by atoms with Gasteiger partial charge in [-0.25, -0.2) is 13.1 Å². The van der Waals surface area contributed by atoms with E-state index >= 15 is 0 Å². The van der Waals surface area contributed by atoms with Crippen LogP contribution >= 0.6 is 11.6 Å². The van der Waals surface area contributed by atoms with Crippen LogP contribution in [0.25, 0.3) is 0 Å². The second kappa shape index (κ2) is 5.51. The number of hydrogen-bond acceptors (Lipinski definition) is 4. The number of benzene rings is 1. The molecule has 2 rings (SSSR count). The average molecular weight is 287 g/mol. The summed E-state index contributed by atoms with van der Waals surface area (Å²) in [6, 6.07) is 7.99. The van der Waals surface area contributed by atoms with E-state index in [9.17, 15) is 8.42 Å². The van der Waals surface area contributed by atoms with E-state index in [1.54, 1.807) is 18.2 Å². The molecule has 0 radical (unpaired) electrons. The number of hydrogen-bond donors (Lipinski definition) is 1. The fourth-order valence-corrected chi connectivity index (χ4v) is 2.52. The molecule has 0 aliphatic rings. The molecule has 18 heavy (non-hydrogen) atoms. The van der Waals surface area contributed by atoms with Crippen molar-refractivity contribution in [1.82, 2.24) is 9.88 Å². The van der Waals surface area contributed by atoms with Crippen LogP contribution < -0.4 is 4.72 Å². The van der Waals surface area contributed by atoms with Crippen molar-refractivity contribution in [3.8, 4) is 0 Å². The van der Waals surface area contributed by atoms with Crippen LogP contribution in [0.1, 0.15) is 11.3 Å². The van der Waals surface area contributed by atoms with Gasteiger partial charge >= 0.3 is 0 Å². The van der Waals surface area contributed by atoms with Crippen molar-refractivity contribution in [3.63, 3.8) is 0 Å². The molecule has 0 aliphatic carbocycles. The molecule has 0 atom stereocenters. The lowest BCUT2D eigenvalue weighted by atomic mass is 10.2. The molecule has 1 aromatic heterocycles. The number of aromatic nitrogens is 1. The summed E-state index contributed by atoms with van der Waals surface area (Å²) in [6.07, 6.45) is 1.39. The highest BCUT2D eigenvalue weighted by Crippen LogP contribution is 2.12. The molecular weight excluding hydrogens is 276 g/mol. The SMILES string of the molecule is O=S(=O)(NCc1ccon1)c1ccc(CCl)cc1. The molecular formula is C11H11ClN2O3S. The summed E-state index contributed by atoms with van der Waals surface area (Å²) >= 11 is 5.64. The quantitative estimate of drug-likeness (QED) is 0.852. The van der Waals surface area contributed by atoms with E-state index in [1.165, 1.54) is 18.4 Å². The number of nitrogens with one attached hydrogen (secondary N) is 1. The lowest BCUT2D eigenvalue weighted by molar-refractivity contribution is 0.411. The minimum Gasteiger partial charge on any atom is -0.364 e. The number of rotatable bonds is 5. The lowest BCUT2D eigenvalue weighted by Crippen LogP contribution is -2.23. The number of nitrogens with zero attached hydrogens (tertiary/aromatic N) is 1. The summed E-state index contributed by atoms with van der Waals surface area (Å²) in [7, 11) is -3.54. The van der Waals surface area contributed by atoms with Crippen molar-refractivity contribution < 1.29 is 12.9 Å². The molecule has 0 saturated carbocycles. The molecule has 2 aromatic rings. The Hall–Kier alpha value is -1.37. The van der Waals surface area contributed by atoms with Gasteiger partial charge in [-0.2, -0.15) is 0 Å². The Balaban J connectivity index is 2.09. The van der Waals surface area contributed by atoms with Crippen LogP contribution in [0.15, 0.2) is 46.0 Å². The molecule has 0 aliphatic heterocycles. The maximum atomic E-state index is 11.9. The maximum absolute atomic E-state index is 11.9. The van der Waals surface area contributed by atoms with Gasteiger partial charge in [0.1, 0.15) is 6.26 Å². The Bertz CT molecular complexity index is 594. The molecule has 1 N–H and O–H groups in total. The average Bonchev–Trinajstić information content (AvgIpc) is 2.90. The van der Waals surface area contributed by atoms with E-state index in [-0.39, 0.29) is 11.4 Å². The molecule has 0 bridgehead atoms. The van der Waals surface area contributed by atoms with Gasteiger partial charge in [0.05, 0.1) is 17.1 Å². The summed E-state index contributed by atoms with van der Waals surface area (Å²) in [5.41, 5.74) is 1.39. The van der Waals surface area contributed by atoms with Gasteiger partial charge in [-0.05, 0) is 17.7 Å². The highest BCUT2D eigenvalue weighted by molar-refractivity contribution is 7.89. The number of halogens is 1. The molecule has 96 valence electrons. The van der Waals surface area contributed by atoms with Gasteiger partial charge in [0.15, 0.2) is 0 Å². The third-order valence-corrected chi connectivity index (χ3v) is 4.05. The predicted molar refractivity (Wildman–Crippen MR) is 66.5 cm³/mol. The fraction of sp³-hybridized carbons (Fsp3) is 0.182. The number of sulfonamides is 1. The normalized spacial score (nSPS) is 11.6. The van der Waals surface area contributed by atoms with Crippen molar-refractivity contribution in [3.05, 3.63) is 47.9 Å². The van der Waals surface area contributed by atoms with E-state index in [4.69, 9.17) is 11.6 Å². The summed E-state index contributed by atoms with van der Waals surface area (Å²) in [5.74, 6) is 0.354. The van der Waals surface area contributed by atoms with Crippen molar-refractivity contribution in [2.45, 2.75) is 17.3 Å². The van der Waals surface area contributed by atoms with Gasteiger partial charge in [0.25, 0.3) is 0 Å². The van der Waals surface area contributed by atoms with E-state index in [2.05, 4.69) is 14.4 Å². The van der Waals surface area contributed by atoms with Gasteiger partial charge in [0.2, 0.25) is 10.0 Å². The van der Waals surface area contributed by atoms with Crippen LogP contribution in [0.2, 0.25) is 0 Å². The first-order valence-corrected chi connectivity index (χ1v) is 7.17. The fourth-order valence-electron chi connectivity index (χ4n) is 1.34. The third kappa shape index (κ3) is 3.10. The van der Waals surface area contributed by atoms with Crippen molar-refractivity contribution >= 4 is 21.6 Å². The zero-order chi connectivity index (χ0) is 13.0. The second-order valence-electron chi connectivity index (χ2n) is 3.59. The molecule has 0 spiro atoms. The van der Waals surface area contributed by atoms with Crippen molar-refractivity contribution in [2.24, 2.45) is 0 Å². The Morgan fingerprint density at radius 1 is 1.22 bits per heavy atom. The minimum atomic E-state index is -3.54. The summed E-state index contributed by atoms with van der Waals surface area (Å²) < 4.78 is 30.9. The zero-order valence-electron chi connectivity index (χ0n) is 9.34. The van der Waals surface area contributed by atoms with E-state index < -0.39 is 10.0 Å². The molecule has 1 aromatic carbocycles. The molecule has 0 saturated heterocycles. The summed E-state index contributed by atoms with van der Waals surface area (Å²) in [6.45, 7) is 0.0933. The van der Waals surface area contributed by atoms with Crippen LogP contribution in [0.5, 0.6) is 0 Å². The molecule has 7 heteroatoms. The minimum absolute atomic E-state index is 0.0933. The Kier molecular flexibility index (Phi) is 4.00. The highest BCUT2D eigenvalue weighted by atomic mass is 35.5. The van der Waals surface area contributed by atoms with Gasteiger partial charge < -0.3 is 4.52 Å². The topological polar surface area (TPSA) is 72.2 Å². The van der Waals surface area contributed by atoms with Gasteiger partial charge in [-0.1, -0.05) is 17.3 Å². The first-order chi connectivity index (χ1) is 8.62. The van der Waals surface area contributed by atoms with E-state index in [1.807, 2.05) is 0 Å². The lowest BCUT2D eigenvalue weighted by Gasteiger charge is -2.05. The first-order valence-electron chi connectivity index (χ1n) is 5.15. The van der Waals surface area contributed by atoms with Crippen LogP contribution in [0, 0.1) is 0 Å². The van der Waals surface area contributed by atoms with Crippen molar-refractivity contribution in [2.75, 3.05) is 0 Å². The molecule has 0 fully saturated rings. The molecule has 5 nitrogen and oxygen atoms in total. The number of alkyl halides is 1. The Morgan fingerprint density at radius 3 is 2.50 bits per heavy atom. The summed E-state index contributed by atoms with van der Waals surface area (Å²) in [4.78, 5) is 0.194. The Morgan fingerprint density at radius 2 is 1.94 bits per heavy atom. The Labute approximate surface area is 110 Å². The van der Waals surface area contributed by atoms with Gasteiger partial charge in [0, 0.05) is 11.9 Å². The van der Waals surface area contributed by atoms with Crippen LogP contribution in [-0.2, 0) is 22.4 Å². The third-order valence-electron chi connectivity index (χ3n) is 2.32. The first kappa shape index (κ1) is 13.1. The van der Waals surface area contributed by atoms with Gasteiger partial charge in [-0.3, -0.25) is 0 Å². The maximum Gasteiger partial charge on any atom is 0.240 e. The van der Waals surface area contributed by atoms with Crippen molar-refractivity contribution in [1.29, 1.82) is 0 Å². The smallest absolute Gasteiger partial charge is 0.240 e. The van der Waals surface area contributed by atoms with Crippen LogP contribution in [-0.4, -0.2) is 13.6 Å². The standard InChI is InChI=1S/C11H11ClN2O3S/c12-7-9-1-3-11(4-2-9)18(15,16)13-8-10-5-6-17-14-10/h1-6,13H,7-8H2. The molecule has 0 unspecified atom stereocenters. The monoisotopic (exact) mass is 286 g/mol. The van der Waals surface area contributed by atoms with Gasteiger partial charge in [-0.15, -0.1) is 11.6 Å². The van der Waals surface area contributed by atoms with Crippen LogP contribution in [0.3, 0.4) is 0 Å². The molecule has 0 amide bonds. The summed E-state index contributed by atoms with van der Waals surface area (Å²) in [5, 5.41) is 3.62. The van der Waals surface area contributed by atoms with E-state index in [0.29, 0.717) is 11.6 Å². The molecule has 1 heterocycles. The largest absolute Gasteiger partial charge is 0.364 e. The van der Waals surface area contributed by atoms with Crippen LogP contribution in [0.4, 0.5) is 0 Å². The zero-order valence-corrected chi connectivity index (χ0v) is 10.9. The van der Waals surface area contributed by atoms with E-state index in [0.717, 1.165) is 5.56 Å². The predicted octanol–water partition coefficient (Wildman–Crippen LogP) is 1.89. The highest BCUT2D eigenvalue weighted by Gasteiger charge is 2.13.